The predicted molar refractivity (Wildman–Crippen MR) is 132 cm³/mol. The molecule has 0 radical (unpaired) electrons. The molecule has 1 rings (SSSR count). The molecule has 0 aromatic heterocycles. The molecule has 0 aromatic rings. The van der Waals surface area contributed by atoms with Crippen LogP contribution < -0.4 is 0 Å². The minimum Gasteiger partial charge on any atom is -0.462 e. The zero-order valence-corrected chi connectivity index (χ0v) is 21.8. The van der Waals surface area contributed by atoms with Crippen LogP contribution in [0, 0.1) is 0 Å². The molecule has 0 bridgehead atoms. The van der Waals surface area contributed by atoms with Crippen molar-refractivity contribution in [1.82, 2.24) is 0 Å². The Bertz CT molecular complexity index is 624. The maximum Gasteiger partial charge on any atom is 0.306 e. The standard InChI is InChI=1S/C26H46O10/c1-3-5-7-8-9-10-11-12-13-15-21(28)33-17-19(35-22(29)14-6-4-2)18-34-26-25(32)24(31)23(30)20(16-27)36-26/h5,7,19-20,23-27,30-32H,3-4,6,8-18H2,1-2H3/b7-5+/t19-,20-,23+,24+,25-,26-/m1/s1. The fraction of sp³-hybridized carbons (Fsp3) is 0.846. The Labute approximate surface area is 214 Å². The number of carbonyl (C=O) groups is 2. The van der Waals surface area contributed by atoms with E-state index in [0.29, 0.717) is 12.8 Å². The largest absolute Gasteiger partial charge is 0.462 e. The first kappa shape index (κ1) is 32.5. The zero-order chi connectivity index (χ0) is 26.8. The maximum atomic E-state index is 12.2. The van der Waals surface area contributed by atoms with Crippen molar-refractivity contribution in [2.45, 2.75) is 121 Å². The van der Waals surface area contributed by atoms with E-state index < -0.39 is 55.4 Å². The van der Waals surface area contributed by atoms with Crippen LogP contribution in [0.25, 0.3) is 0 Å². The summed E-state index contributed by atoms with van der Waals surface area (Å²) in [6.07, 6.45) is 5.28. The summed E-state index contributed by atoms with van der Waals surface area (Å²) >= 11 is 0. The Morgan fingerprint density at radius 3 is 2.25 bits per heavy atom. The van der Waals surface area contributed by atoms with E-state index in [0.717, 1.165) is 44.9 Å². The van der Waals surface area contributed by atoms with E-state index in [1.165, 1.54) is 0 Å². The van der Waals surface area contributed by atoms with Crippen LogP contribution in [-0.4, -0.2) is 89.0 Å². The number of hydrogen-bond donors (Lipinski definition) is 4. The normalized spacial score (nSPS) is 25.1. The number of aliphatic hydroxyl groups is 4. The van der Waals surface area contributed by atoms with Gasteiger partial charge >= 0.3 is 11.9 Å². The van der Waals surface area contributed by atoms with Crippen LogP contribution >= 0.6 is 0 Å². The van der Waals surface area contributed by atoms with Gasteiger partial charge in [-0.2, -0.15) is 0 Å². The molecule has 10 nitrogen and oxygen atoms in total. The van der Waals surface area contributed by atoms with Crippen molar-refractivity contribution < 1.29 is 49.0 Å². The second-order valence-electron chi connectivity index (χ2n) is 9.12. The Hall–Kier alpha value is -1.56. The highest BCUT2D eigenvalue weighted by Crippen LogP contribution is 2.22. The van der Waals surface area contributed by atoms with Gasteiger partial charge in [0.25, 0.3) is 0 Å². The molecule has 0 saturated carbocycles. The van der Waals surface area contributed by atoms with E-state index in [-0.39, 0.29) is 26.1 Å². The molecule has 1 heterocycles. The maximum absolute atomic E-state index is 12.2. The lowest BCUT2D eigenvalue weighted by molar-refractivity contribution is -0.305. The van der Waals surface area contributed by atoms with Gasteiger partial charge in [-0.25, -0.2) is 0 Å². The van der Waals surface area contributed by atoms with Crippen LogP contribution in [0.15, 0.2) is 12.2 Å². The summed E-state index contributed by atoms with van der Waals surface area (Å²) in [5.41, 5.74) is 0. The molecule has 210 valence electrons. The second-order valence-corrected chi connectivity index (χ2v) is 9.12. The number of unbranched alkanes of at least 4 members (excludes halogenated alkanes) is 6. The van der Waals surface area contributed by atoms with Crippen LogP contribution in [0.4, 0.5) is 0 Å². The molecule has 0 aliphatic carbocycles. The Kier molecular flexibility index (Phi) is 17.6. The summed E-state index contributed by atoms with van der Waals surface area (Å²) in [5.74, 6) is -0.868. The van der Waals surface area contributed by atoms with Crippen molar-refractivity contribution >= 4 is 11.9 Å². The van der Waals surface area contributed by atoms with E-state index in [2.05, 4.69) is 19.1 Å². The van der Waals surface area contributed by atoms with E-state index in [4.69, 9.17) is 18.9 Å². The molecule has 6 atom stereocenters. The van der Waals surface area contributed by atoms with Crippen LogP contribution in [-0.2, 0) is 28.5 Å². The number of hydrogen-bond acceptors (Lipinski definition) is 10. The predicted octanol–water partition coefficient (Wildman–Crippen LogP) is 2.14. The van der Waals surface area contributed by atoms with Crippen molar-refractivity contribution in [1.29, 1.82) is 0 Å². The molecule has 0 unspecified atom stereocenters. The first-order chi connectivity index (χ1) is 17.3. The van der Waals surface area contributed by atoms with E-state index in [1.807, 2.05) is 6.92 Å². The highest BCUT2D eigenvalue weighted by molar-refractivity contribution is 5.70. The number of carbonyl (C=O) groups excluding carboxylic acids is 2. The third-order valence-electron chi connectivity index (χ3n) is 5.91. The van der Waals surface area contributed by atoms with Gasteiger partial charge < -0.3 is 39.4 Å². The third kappa shape index (κ3) is 13.1. The van der Waals surface area contributed by atoms with Gasteiger partial charge in [-0.15, -0.1) is 0 Å². The molecule has 1 aliphatic rings. The van der Waals surface area contributed by atoms with Crippen LogP contribution in [0.2, 0.25) is 0 Å². The van der Waals surface area contributed by atoms with Gasteiger partial charge in [0.1, 0.15) is 31.0 Å². The summed E-state index contributed by atoms with van der Waals surface area (Å²) in [7, 11) is 0. The fourth-order valence-electron chi connectivity index (χ4n) is 3.69. The Balaban J connectivity index is 2.46. The first-order valence-electron chi connectivity index (χ1n) is 13.3. The molecule has 0 aromatic carbocycles. The summed E-state index contributed by atoms with van der Waals surface area (Å²) in [5, 5.41) is 39.2. The van der Waals surface area contributed by atoms with E-state index in [1.54, 1.807) is 0 Å². The van der Waals surface area contributed by atoms with Gasteiger partial charge in [0.15, 0.2) is 12.4 Å². The highest BCUT2D eigenvalue weighted by atomic mass is 16.7. The van der Waals surface area contributed by atoms with Gasteiger partial charge in [-0.05, 0) is 32.1 Å². The van der Waals surface area contributed by atoms with Crippen LogP contribution in [0.5, 0.6) is 0 Å². The highest BCUT2D eigenvalue weighted by Gasteiger charge is 2.44. The van der Waals surface area contributed by atoms with Crippen LogP contribution in [0.3, 0.4) is 0 Å². The lowest BCUT2D eigenvalue weighted by Gasteiger charge is -2.39. The monoisotopic (exact) mass is 518 g/mol. The van der Waals surface area contributed by atoms with Crippen molar-refractivity contribution in [3.8, 4) is 0 Å². The average molecular weight is 519 g/mol. The van der Waals surface area contributed by atoms with Crippen molar-refractivity contribution in [3.05, 3.63) is 12.2 Å². The summed E-state index contributed by atoms with van der Waals surface area (Å²) in [4.78, 5) is 24.3. The van der Waals surface area contributed by atoms with Crippen molar-refractivity contribution in [3.63, 3.8) is 0 Å². The van der Waals surface area contributed by atoms with Crippen molar-refractivity contribution in [2.24, 2.45) is 0 Å². The first-order valence-corrected chi connectivity index (χ1v) is 13.3. The number of esters is 2. The average Bonchev–Trinajstić information content (AvgIpc) is 2.87. The molecular formula is C26H46O10. The smallest absolute Gasteiger partial charge is 0.306 e. The fourth-order valence-corrected chi connectivity index (χ4v) is 3.69. The molecule has 1 saturated heterocycles. The number of ether oxygens (including phenoxy) is 4. The number of aliphatic hydroxyl groups excluding tert-OH is 4. The lowest BCUT2D eigenvalue weighted by atomic mass is 9.99. The molecule has 4 N–H and O–H groups in total. The topological polar surface area (TPSA) is 152 Å². The van der Waals surface area contributed by atoms with E-state index in [9.17, 15) is 30.0 Å². The van der Waals surface area contributed by atoms with Gasteiger partial charge in [-0.1, -0.05) is 51.7 Å². The van der Waals surface area contributed by atoms with Crippen molar-refractivity contribution in [2.75, 3.05) is 19.8 Å². The van der Waals surface area contributed by atoms with E-state index >= 15 is 0 Å². The minimum absolute atomic E-state index is 0.204. The molecule has 0 spiro atoms. The Morgan fingerprint density at radius 1 is 0.861 bits per heavy atom. The second kappa shape index (κ2) is 19.5. The molecule has 1 aliphatic heterocycles. The molecule has 10 heteroatoms. The summed E-state index contributed by atoms with van der Waals surface area (Å²) in [6.45, 7) is 2.96. The quantitative estimate of drug-likeness (QED) is 0.114. The van der Waals surface area contributed by atoms with Gasteiger partial charge in [-0.3, -0.25) is 9.59 Å². The minimum atomic E-state index is -1.59. The molecule has 36 heavy (non-hydrogen) atoms. The molecule has 1 fully saturated rings. The summed E-state index contributed by atoms with van der Waals surface area (Å²) in [6, 6.07) is 0. The lowest BCUT2D eigenvalue weighted by Crippen LogP contribution is -2.59. The summed E-state index contributed by atoms with van der Waals surface area (Å²) < 4.78 is 21.5. The SMILES string of the molecule is CC/C=C/CCCCCCCC(=O)OC[C@H](CO[C@@H]1O[C@H](CO)[C@H](O)[C@H](O)[C@H]1O)OC(=O)CCCC. The number of rotatable bonds is 19. The van der Waals surface area contributed by atoms with Crippen LogP contribution in [0.1, 0.15) is 84.5 Å². The van der Waals surface area contributed by atoms with Gasteiger partial charge in [0.2, 0.25) is 0 Å². The third-order valence-corrected chi connectivity index (χ3v) is 5.91. The molecular weight excluding hydrogens is 472 g/mol. The zero-order valence-electron chi connectivity index (χ0n) is 21.8. The molecule has 0 amide bonds. The van der Waals surface area contributed by atoms with Gasteiger partial charge in [0, 0.05) is 12.8 Å². The Morgan fingerprint density at radius 2 is 1.56 bits per heavy atom. The number of allylic oxidation sites excluding steroid dienone is 2. The van der Waals surface area contributed by atoms with Gasteiger partial charge in [0.05, 0.1) is 13.2 Å².